The maximum atomic E-state index is 15.0. The van der Waals surface area contributed by atoms with Gasteiger partial charge in [0, 0.05) is 17.7 Å². The van der Waals surface area contributed by atoms with Crippen LogP contribution >= 0.6 is 0 Å². The molecule has 1 aliphatic heterocycles. The van der Waals surface area contributed by atoms with E-state index in [0.717, 1.165) is 45.3 Å². The number of rotatable bonds is 13. The molecule has 36 heavy (non-hydrogen) atoms. The molecule has 1 atom stereocenters. The number of carbonyl (C=O) groups excluding carboxylic acids is 2. The fraction of sp³-hybridized carbons (Fsp3) is 0.448. The number of hydrogen-bond acceptors (Lipinski definition) is 5. The first-order valence-electron chi connectivity index (χ1n) is 12.8. The van der Waals surface area contributed by atoms with Gasteiger partial charge in [-0.25, -0.2) is 4.39 Å². The third-order valence-electron chi connectivity index (χ3n) is 6.63. The molecule has 1 heterocycles. The lowest BCUT2D eigenvalue weighted by molar-refractivity contribution is -0.140. The zero-order valence-electron chi connectivity index (χ0n) is 21.5. The first-order valence-corrected chi connectivity index (χ1v) is 12.8. The standard InChI is InChI=1S/C29H37FN2O4/c1-4-6-17-31(18-7-5-2)19-10-20-32-26(23-11-8-9-12-24(23)30)25(28(34)29(32)35)27(33)21-13-15-22(36-3)16-14-21/h8-9,11-16,26,33H,4-7,10,17-20H2,1-3H3/b27-25-. The van der Waals surface area contributed by atoms with Crippen LogP contribution in [0.15, 0.2) is 54.1 Å². The molecular formula is C29H37FN2O4. The number of Topliss-reactive ketones (excluding diaryl/α,β-unsaturated/α-hetero) is 1. The number of ether oxygens (including phenoxy) is 1. The van der Waals surface area contributed by atoms with Crippen molar-refractivity contribution >= 4 is 17.4 Å². The molecular weight excluding hydrogens is 459 g/mol. The Labute approximate surface area is 213 Å². The van der Waals surface area contributed by atoms with Gasteiger partial charge < -0.3 is 19.6 Å². The molecule has 0 aliphatic carbocycles. The summed E-state index contributed by atoms with van der Waals surface area (Å²) in [6.07, 6.45) is 5.07. The number of unbranched alkanes of at least 4 members (excludes halogenated alkanes) is 2. The quantitative estimate of drug-likeness (QED) is 0.224. The highest BCUT2D eigenvalue weighted by atomic mass is 19.1. The highest BCUT2D eigenvalue weighted by molar-refractivity contribution is 6.46. The Morgan fingerprint density at radius 2 is 1.58 bits per heavy atom. The van der Waals surface area contributed by atoms with Gasteiger partial charge in [-0.3, -0.25) is 9.59 Å². The summed E-state index contributed by atoms with van der Waals surface area (Å²) in [5.74, 6) is -1.77. The van der Waals surface area contributed by atoms with Gasteiger partial charge in [0.05, 0.1) is 18.7 Å². The van der Waals surface area contributed by atoms with Gasteiger partial charge in [0.15, 0.2) is 0 Å². The van der Waals surface area contributed by atoms with E-state index in [1.807, 2.05) is 0 Å². The minimum absolute atomic E-state index is 0.0934. The average Bonchev–Trinajstić information content (AvgIpc) is 3.14. The SMILES string of the molecule is CCCCN(CCCC)CCCN1C(=O)C(=O)/C(=C(\O)c2ccc(OC)cc2)C1c1ccccc1F. The third kappa shape index (κ3) is 6.32. The van der Waals surface area contributed by atoms with Crippen molar-refractivity contribution in [3.8, 4) is 5.75 Å². The van der Waals surface area contributed by atoms with E-state index in [2.05, 4.69) is 18.7 Å². The predicted octanol–water partition coefficient (Wildman–Crippen LogP) is 5.55. The average molecular weight is 497 g/mol. The van der Waals surface area contributed by atoms with E-state index in [9.17, 15) is 19.1 Å². The van der Waals surface area contributed by atoms with Crippen LogP contribution in [-0.4, -0.2) is 59.9 Å². The van der Waals surface area contributed by atoms with Crippen molar-refractivity contribution in [2.75, 3.05) is 33.3 Å². The largest absolute Gasteiger partial charge is 0.507 e. The molecule has 1 unspecified atom stereocenters. The van der Waals surface area contributed by atoms with E-state index in [1.165, 1.54) is 18.1 Å². The lowest BCUT2D eigenvalue weighted by Gasteiger charge is -2.27. The van der Waals surface area contributed by atoms with Crippen LogP contribution in [-0.2, 0) is 9.59 Å². The third-order valence-corrected chi connectivity index (χ3v) is 6.63. The number of aliphatic hydroxyl groups excluding tert-OH is 1. The van der Waals surface area contributed by atoms with E-state index in [1.54, 1.807) is 42.5 Å². The number of ketones is 1. The van der Waals surface area contributed by atoms with E-state index < -0.39 is 23.5 Å². The van der Waals surface area contributed by atoms with Crippen LogP contribution in [0.4, 0.5) is 4.39 Å². The summed E-state index contributed by atoms with van der Waals surface area (Å²) >= 11 is 0. The second kappa shape index (κ2) is 13.2. The number of nitrogens with zero attached hydrogens (tertiary/aromatic N) is 2. The number of halogens is 1. The molecule has 1 aliphatic rings. The molecule has 1 saturated heterocycles. The van der Waals surface area contributed by atoms with Gasteiger partial charge in [0.25, 0.3) is 11.7 Å². The van der Waals surface area contributed by atoms with E-state index >= 15 is 0 Å². The minimum Gasteiger partial charge on any atom is -0.507 e. The van der Waals surface area contributed by atoms with Crippen LogP contribution in [0.25, 0.3) is 5.76 Å². The highest BCUT2D eigenvalue weighted by Crippen LogP contribution is 2.40. The van der Waals surface area contributed by atoms with Crippen molar-refractivity contribution in [1.82, 2.24) is 9.80 Å². The van der Waals surface area contributed by atoms with Crippen LogP contribution in [0.5, 0.6) is 5.75 Å². The Hall–Kier alpha value is -3.19. The number of carbonyl (C=O) groups is 2. The highest BCUT2D eigenvalue weighted by Gasteiger charge is 2.46. The Balaban J connectivity index is 1.92. The van der Waals surface area contributed by atoms with Crippen LogP contribution in [0.2, 0.25) is 0 Å². The van der Waals surface area contributed by atoms with Crippen molar-refractivity contribution in [2.45, 2.75) is 52.0 Å². The number of amides is 1. The van der Waals surface area contributed by atoms with Crippen molar-refractivity contribution in [1.29, 1.82) is 0 Å². The summed E-state index contributed by atoms with van der Waals surface area (Å²) in [4.78, 5) is 30.1. The lowest BCUT2D eigenvalue weighted by Crippen LogP contribution is -2.34. The van der Waals surface area contributed by atoms with Crippen molar-refractivity contribution in [3.05, 3.63) is 71.0 Å². The zero-order chi connectivity index (χ0) is 26.1. The predicted molar refractivity (Wildman–Crippen MR) is 139 cm³/mol. The van der Waals surface area contributed by atoms with Crippen molar-refractivity contribution < 1.29 is 23.8 Å². The van der Waals surface area contributed by atoms with Gasteiger partial charge in [-0.2, -0.15) is 0 Å². The molecule has 2 aromatic rings. The number of benzene rings is 2. The first kappa shape index (κ1) is 27.4. The molecule has 0 saturated carbocycles. The molecule has 7 heteroatoms. The van der Waals surface area contributed by atoms with E-state index in [-0.39, 0.29) is 23.4 Å². The summed E-state index contributed by atoms with van der Waals surface area (Å²) in [6, 6.07) is 11.6. The maximum absolute atomic E-state index is 15.0. The van der Waals surface area contributed by atoms with Crippen LogP contribution in [0, 0.1) is 5.82 Å². The number of hydrogen-bond donors (Lipinski definition) is 1. The molecule has 1 fully saturated rings. The molecule has 3 rings (SSSR count). The molecule has 0 bridgehead atoms. The number of aliphatic hydroxyl groups is 1. The van der Waals surface area contributed by atoms with E-state index in [4.69, 9.17) is 4.74 Å². The van der Waals surface area contributed by atoms with E-state index in [0.29, 0.717) is 17.7 Å². The minimum atomic E-state index is -0.993. The summed E-state index contributed by atoms with van der Waals surface area (Å²) in [6.45, 7) is 7.37. The normalized spacial score (nSPS) is 17.2. The summed E-state index contributed by atoms with van der Waals surface area (Å²) in [5, 5.41) is 11.1. The zero-order valence-corrected chi connectivity index (χ0v) is 21.5. The Kier molecular flexibility index (Phi) is 10.1. The summed E-state index contributed by atoms with van der Waals surface area (Å²) < 4.78 is 20.1. The van der Waals surface area contributed by atoms with Crippen molar-refractivity contribution in [2.24, 2.45) is 0 Å². The molecule has 194 valence electrons. The fourth-order valence-electron chi connectivity index (χ4n) is 4.60. The smallest absolute Gasteiger partial charge is 0.295 e. The second-order valence-corrected chi connectivity index (χ2v) is 9.14. The molecule has 0 aromatic heterocycles. The van der Waals surface area contributed by atoms with Gasteiger partial charge in [-0.05, 0) is 69.2 Å². The van der Waals surface area contributed by atoms with Gasteiger partial charge >= 0.3 is 0 Å². The summed E-state index contributed by atoms with van der Waals surface area (Å²) in [7, 11) is 1.53. The Morgan fingerprint density at radius 1 is 0.972 bits per heavy atom. The van der Waals surface area contributed by atoms with Gasteiger partial charge in [-0.15, -0.1) is 0 Å². The molecule has 1 amide bonds. The van der Waals surface area contributed by atoms with Crippen LogP contribution in [0.1, 0.15) is 63.1 Å². The lowest BCUT2D eigenvalue weighted by atomic mass is 9.95. The van der Waals surface area contributed by atoms with Gasteiger partial charge in [-0.1, -0.05) is 44.9 Å². The van der Waals surface area contributed by atoms with Crippen LogP contribution in [0.3, 0.4) is 0 Å². The Morgan fingerprint density at radius 3 is 2.17 bits per heavy atom. The molecule has 1 N–H and O–H groups in total. The number of likely N-dealkylation sites (tertiary alicyclic amines) is 1. The van der Waals surface area contributed by atoms with Crippen LogP contribution < -0.4 is 4.74 Å². The fourth-order valence-corrected chi connectivity index (χ4v) is 4.60. The monoisotopic (exact) mass is 496 g/mol. The Bertz CT molecular complexity index is 1060. The summed E-state index contributed by atoms with van der Waals surface area (Å²) in [5.41, 5.74) is 0.463. The topological polar surface area (TPSA) is 70.1 Å². The molecule has 6 nitrogen and oxygen atoms in total. The molecule has 2 aromatic carbocycles. The first-order chi connectivity index (χ1) is 17.4. The van der Waals surface area contributed by atoms with Gasteiger partial charge in [0.1, 0.15) is 17.3 Å². The molecule has 0 radical (unpaired) electrons. The van der Waals surface area contributed by atoms with Gasteiger partial charge in [0.2, 0.25) is 0 Å². The maximum Gasteiger partial charge on any atom is 0.295 e. The number of methoxy groups -OCH3 is 1. The van der Waals surface area contributed by atoms with Crippen molar-refractivity contribution in [3.63, 3.8) is 0 Å². The molecule has 0 spiro atoms. The second-order valence-electron chi connectivity index (χ2n) is 9.14.